The summed E-state index contributed by atoms with van der Waals surface area (Å²) >= 11 is 0. The van der Waals surface area contributed by atoms with Gasteiger partial charge in [0.25, 0.3) is 0 Å². The minimum atomic E-state index is 0.535. The average molecular weight is 277 g/mol. The predicted octanol–water partition coefficient (Wildman–Crippen LogP) is 4.43. The van der Waals surface area contributed by atoms with Crippen molar-refractivity contribution in [2.24, 2.45) is 5.92 Å². The Morgan fingerprint density at radius 3 is 2.55 bits per heavy atom. The summed E-state index contributed by atoms with van der Waals surface area (Å²) in [6.45, 7) is 4.59. The molecule has 20 heavy (non-hydrogen) atoms. The molecule has 1 aromatic carbocycles. The molecule has 0 aliphatic carbocycles. The van der Waals surface area contributed by atoms with Gasteiger partial charge in [0.15, 0.2) is 0 Å². The lowest BCUT2D eigenvalue weighted by Gasteiger charge is -2.23. The van der Waals surface area contributed by atoms with Gasteiger partial charge < -0.3 is 10.1 Å². The average Bonchev–Trinajstić information content (AvgIpc) is 2.50. The van der Waals surface area contributed by atoms with Gasteiger partial charge in [0.1, 0.15) is 5.75 Å². The van der Waals surface area contributed by atoms with Crippen LogP contribution in [-0.2, 0) is 6.42 Å². The van der Waals surface area contributed by atoms with Crippen LogP contribution < -0.4 is 10.1 Å². The van der Waals surface area contributed by atoms with Crippen molar-refractivity contribution < 1.29 is 4.74 Å². The Kier molecular flexibility index (Phi) is 8.36. The molecular weight excluding hydrogens is 246 g/mol. The molecular formula is C18H31NO. The van der Waals surface area contributed by atoms with Gasteiger partial charge in [-0.25, -0.2) is 0 Å². The molecule has 0 saturated heterocycles. The van der Waals surface area contributed by atoms with E-state index >= 15 is 0 Å². The fourth-order valence-corrected chi connectivity index (χ4v) is 2.82. The van der Waals surface area contributed by atoms with E-state index in [4.69, 9.17) is 4.74 Å². The molecule has 0 aliphatic rings. The van der Waals surface area contributed by atoms with Gasteiger partial charge in [0.2, 0.25) is 0 Å². The number of likely N-dealkylation sites (N-methyl/N-ethyl adjacent to an activating group) is 1. The first-order valence-electron chi connectivity index (χ1n) is 8.04. The number of ether oxygens (including phenoxy) is 1. The van der Waals surface area contributed by atoms with Gasteiger partial charge in [-0.15, -0.1) is 0 Å². The van der Waals surface area contributed by atoms with E-state index < -0.39 is 0 Å². The van der Waals surface area contributed by atoms with Crippen LogP contribution in [-0.4, -0.2) is 20.2 Å². The highest BCUT2D eigenvalue weighted by Gasteiger charge is 2.15. The Morgan fingerprint density at radius 2 is 1.95 bits per heavy atom. The minimum Gasteiger partial charge on any atom is -0.496 e. The number of unbranched alkanes of at least 4 members (excludes halogenated alkanes) is 1. The molecule has 0 amide bonds. The third-order valence-corrected chi connectivity index (χ3v) is 4.23. The molecule has 0 heterocycles. The van der Waals surface area contributed by atoms with Crippen molar-refractivity contribution >= 4 is 0 Å². The summed E-state index contributed by atoms with van der Waals surface area (Å²) in [6, 6.07) is 8.89. The zero-order valence-corrected chi connectivity index (χ0v) is 13.6. The Balaban J connectivity index is 2.61. The summed E-state index contributed by atoms with van der Waals surface area (Å²) in [6.07, 6.45) is 7.59. The van der Waals surface area contributed by atoms with Crippen molar-refractivity contribution in [2.45, 2.75) is 58.4 Å². The van der Waals surface area contributed by atoms with E-state index in [0.29, 0.717) is 6.04 Å². The first-order chi connectivity index (χ1) is 9.74. The van der Waals surface area contributed by atoms with Crippen LogP contribution in [0.2, 0.25) is 0 Å². The van der Waals surface area contributed by atoms with Crippen LogP contribution in [0.3, 0.4) is 0 Å². The largest absolute Gasteiger partial charge is 0.496 e. The molecule has 0 aliphatic heterocycles. The number of hydrogen-bond acceptors (Lipinski definition) is 2. The molecule has 2 nitrogen and oxygen atoms in total. The quantitative estimate of drug-likeness (QED) is 0.683. The zero-order chi connectivity index (χ0) is 14.8. The predicted molar refractivity (Wildman–Crippen MR) is 87.5 cm³/mol. The summed E-state index contributed by atoms with van der Waals surface area (Å²) < 4.78 is 5.46. The fourth-order valence-electron chi connectivity index (χ4n) is 2.82. The summed E-state index contributed by atoms with van der Waals surface area (Å²) in [5, 5.41) is 3.49. The van der Waals surface area contributed by atoms with Gasteiger partial charge in [-0.1, -0.05) is 57.7 Å². The van der Waals surface area contributed by atoms with Crippen LogP contribution in [0.5, 0.6) is 5.75 Å². The van der Waals surface area contributed by atoms with E-state index in [1.54, 1.807) is 7.11 Å². The maximum Gasteiger partial charge on any atom is 0.122 e. The molecule has 0 spiro atoms. The normalized spacial score (nSPS) is 14.0. The highest BCUT2D eigenvalue weighted by atomic mass is 16.5. The Hall–Kier alpha value is -1.02. The zero-order valence-electron chi connectivity index (χ0n) is 13.6. The summed E-state index contributed by atoms with van der Waals surface area (Å²) in [4.78, 5) is 0. The summed E-state index contributed by atoms with van der Waals surface area (Å²) in [7, 11) is 3.83. The first-order valence-corrected chi connectivity index (χ1v) is 8.04. The van der Waals surface area contributed by atoms with Crippen LogP contribution in [0, 0.1) is 5.92 Å². The van der Waals surface area contributed by atoms with E-state index in [1.165, 1.54) is 37.7 Å². The smallest absolute Gasteiger partial charge is 0.122 e. The lowest BCUT2D eigenvalue weighted by molar-refractivity contribution is 0.353. The molecule has 0 aromatic heterocycles. The molecule has 2 unspecified atom stereocenters. The van der Waals surface area contributed by atoms with Crippen LogP contribution in [0.4, 0.5) is 0 Å². The van der Waals surface area contributed by atoms with Crippen molar-refractivity contribution in [1.82, 2.24) is 5.32 Å². The monoisotopic (exact) mass is 277 g/mol. The second-order valence-corrected chi connectivity index (χ2v) is 5.65. The van der Waals surface area contributed by atoms with Crippen LogP contribution in [0.1, 0.15) is 51.5 Å². The third kappa shape index (κ3) is 5.54. The summed E-state index contributed by atoms with van der Waals surface area (Å²) in [5.41, 5.74) is 1.31. The lowest BCUT2D eigenvalue weighted by Crippen LogP contribution is -2.30. The van der Waals surface area contributed by atoms with E-state index in [2.05, 4.69) is 44.4 Å². The van der Waals surface area contributed by atoms with E-state index in [1.807, 2.05) is 6.07 Å². The van der Waals surface area contributed by atoms with Gasteiger partial charge in [0, 0.05) is 6.04 Å². The maximum absolute atomic E-state index is 5.46. The lowest BCUT2D eigenvalue weighted by atomic mass is 9.89. The molecule has 0 saturated carbocycles. The van der Waals surface area contributed by atoms with Gasteiger partial charge >= 0.3 is 0 Å². The van der Waals surface area contributed by atoms with Crippen LogP contribution in [0.25, 0.3) is 0 Å². The van der Waals surface area contributed by atoms with Crippen molar-refractivity contribution in [3.8, 4) is 5.75 Å². The molecule has 0 fully saturated rings. The highest BCUT2D eigenvalue weighted by molar-refractivity contribution is 5.33. The van der Waals surface area contributed by atoms with Gasteiger partial charge in [-0.05, 0) is 37.4 Å². The second-order valence-electron chi connectivity index (χ2n) is 5.65. The van der Waals surface area contributed by atoms with Crippen LogP contribution >= 0.6 is 0 Å². The minimum absolute atomic E-state index is 0.535. The molecule has 0 bridgehead atoms. The van der Waals surface area contributed by atoms with Crippen molar-refractivity contribution in [3.63, 3.8) is 0 Å². The molecule has 1 N–H and O–H groups in total. The standard InChI is InChI=1S/C18H31NO/c1-5-7-10-15(6-2)13-17(19-3)14-16-11-8-9-12-18(16)20-4/h8-9,11-12,15,17,19H,5-7,10,13-14H2,1-4H3. The van der Waals surface area contributed by atoms with E-state index in [9.17, 15) is 0 Å². The van der Waals surface area contributed by atoms with E-state index in [-0.39, 0.29) is 0 Å². The number of nitrogens with one attached hydrogen (secondary N) is 1. The maximum atomic E-state index is 5.46. The Morgan fingerprint density at radius 1 is 1.20 bits per heavy atom. The first kappa shape index (κ1) is 17.0. The van der Waals surface area contributed by atoms with Crippen molar-refractivity contribution in [3.05, 3.63) is 29.8 Å². The van der Waals surface area contributed by atoms with Gasteiger partial charge in [-0.3, -0.25) is 0 Å². The molecule has 2 atom stereocenters. The number of hydrogen-bond donors (Lipinski definition) is 1. The fraction of sp³-hybridized carbons (Fsp3) is 0.667. The summed E-state index contributed by atoms with van der Waals surface area (Å²) in [5.74, 6) is 1.84. The third-order valence-electron chi connectivity index (χ3n) is 4.23. The molecule has 2 heteroatoms. The highest BCUT2D eigenvalue weighted by Crippen LogP contribution is 2.23. The molecule has 1 aromatic rings. The SMILES string of the molecule is CCCCC(CC)CC(Cc1ccccc1OC)NC. The Labute approximate surface area is 124 Å². The molecule has 0 radical (unpaired) electrons. The Bertz CT molecular complexity index is 364. The number of methoxy groups -OCH3 is 1. The van der Waals surface area contributed by atoms with Crippen molar-refractivity contribution in [2.75, 3.05) is 14.2 Å². The van der Waals surface area contributed by atoms with E-state index in [0.717, 1.165) is 18.1 Å². The van der Waals surface area contributed by atoms with Gasteiger partial charge in [-0.2, -0.15) is 0 Å². The second kappa shape index (κ2) is 9.82. The molecule has 1 rings (SSSR count). The van der Waals surface area contributed by atoms with Crippen LogP contribution in [0.15, 0.2) is 24.3 Å². The number of para-hydroxylation sites is 1. The van der Waals surface area contributed by atoms with Crippen molar-refractivity contribution in [1.29, 1.82) is 0 Å². The van der Waals surface area contributed by atoms with Gasteiger partial charge in [0.05, 0.1) is 7.11 Å². The number of benzene rings is 1. The number of rotatable bonds is 10. The molecule has 114 valence electrons. The topological polar surface area (TPSA) is 21.3 Å².